The Morgan fingerprint density at radius 1 is 1.04 bits per heavy atom. The lowest BCUT2D eigenvalue weighted by Crippen LogP contribution is -2.26. The fraction of sp³-hybridized carbons (Fsp3) is 0.333. The molecule has 2 amide bonds. The van der Waals surface area contributed by atoms with Crippen LogP contribution in [-0.2, 0) is 4.79 Å². The lowest BCUT2D eigenvalue weighted by molar-refractivity contribution is -0.114. The van der Waals surface area contributed by atoms with E-state index in [1.54, 1.807) is 24.3 Å². The van der Waals surface area contributed by atoms with Crippen molar-refractivity contribution >= 4 is 23.2 Å². The molecule has 1 saturated carbocycles. The summed E-state index contributed by atoms with van der Waals surface area (Å²) in [5.74, 6) is 0.237. The highest BCUT2D eigenvalue weighted by molar-refractivity contribution is 5.98. The average molecular weight is 351 g/mol. The van der Waals surface area contributed by atoms with E-state index in [4.69, 9.17) is 0 Å². The lowest BCUT2D eigenvalue weighted by Gasteiger charge is -2.10. The molecule has 3 N–H and O–H groups in total. The molecule has 0 radical (unpaired) electrons. The van der Waals surface area contributed by atoms with Crippen molar-refractivity contribution in [1.29, 1.82) is 0 Å². The Kier molecular flexibility index (Phi) is 5.56. The van der Waals surface area contributed by atoms with Crippen LogP contribution >= 0.6 is 0 Å². The number of amides is 2. The third kappa shape index (κ3) is 5.09. The first-order chi connectivity index (χ1) is 12.5. The maximum absolute atomic E-state index is 12.2. The molecule has 1 aliphatic rings. The van der Waals surface area contributed by atoms with E-state index in [0.29, 0.717) is 23.2 Å². The van der Waals surface area contributed by atoms with Crippen LogP contribution in [-0.4, -0.2) is 24.4 Å². The summed E-state index contributed by atoms with van der Waals surface area (Å²) in [6, 6.07) is 15.4. The van der Waals surface area contributed by atoms with Gasteiger partial charge in [-0.1, -0.05) is 32.0 Å². The third-order valence-corrected chi connectivity index (χ3v) is 4.35. The Labute approximate surface area is 154 Å². The minimum absolute atomic E-state index is 0.0908. The van der Waals surface area contributed by atoms with Crippen molar-refractivity contribution in [3.63, 3.8) is 0 Å². The standard InChI is InChI=1S/C21H25N3O2/c1-14(2)15-6-8-17(9-7-15)22-13-20(25)23-19-5-3-4-16(12-19)21(26)24-18-10-11-18/h3-9,12,14,18,22H,10-11,13H2,1-2H3,(H,23,25)(H,24,26). The van der Waals surface area contributed by atoms with Gasteiger partial charge in [0.15, 0.2) is 0 Å². The van der Waals surface area contributed by atoms with Gasteiger partial charge in [-0.25, -0.2) is 0 Å². The molecule has 0 heterocycles. The number of rotatable bonds is 7. The molecule has 0 unspecified atom stereocenters. The van der Waals surface area contributed by atoms with E-state index in [0.717, 1.165) is 18.5 Å². The Morgan fingerprint density at radius 3 is 2.42 bits per heavy atom. The van der Waals surface area contributed by atoms with Gasteiger partial charge in [0.25, 0.3) is 5.91 Å². The van der Waals surface area contributed by atoms with Gasteiger partial charge in [-0.2, -0.15) is 0 Å². The van der Waals surface area contributed by atoms with Crippen LogP contribution in [0.1, 0.15) is 48.5 Å². The molecule has 2 aromatic rings. The maximum Gasteiger partial charge on any atom is 0.251 e. The van der Waals surface area contributed by atoms with Crippen molar-refractivity contribution in [3.8, 4) is 0 Å². The third-order valence-electron chi connectivity index (χ3n) is 4.35. The molecule has 3 rings (SSSR count). The van der Waals surface area contributed by atoms with E-state index < -0.39 is 0 Å². The molecule has 0 aliphatic heterocycles. The monoisotopic (exact) mass is 351 g/mol. The highest BCUT2D eigenvalue weighted by atomic mass is 16.2. The molecule has 0 saturated heterocycles. The van der Waals surface area contributed by atoms with Gasteiger partial charge in [-0.15, -0.1) is 0 Å². The smallest absolute Gasteiger partial charge is 0.251 e. The molecule has 1 aliphatic carbocycles. The van der Waals surface area contributed by atoms with E-state index in [2.05, 4.69) is 41.9 Å². The molecule has 0 aromatic heterocycles. The number of carbonyl (C=O) groups excluding carboxylic acids is 2. The van der Waals surface area contributed by atoms with Crippen molar-refractivity contribution in [2.24, 2.45) is 0 Å². The van der Waals surface area contributed by atoms with Gasteiger partial charge in [0.2, 0.25) is 5.91 Å². The van der Waals surface area contributed by atoms with E-state index >= 15 is 0 Å². The van der Waals surface area contributed by atoms with Gasteiger partial charge in [0.1, 0.15) is 0 Å². The van der Waals surface area contributed by atoms with Crippen LogP contribution in [0, 0.1) is 0 Å². The first-order valence-electron chi connectivity index (χ1n) is 9.06. The number of hydrogen-bond donors (Lipinski definition) is 3. The van der Waals surface area contributed by atoms with Crippen LogP contribution in [0.2, 0.25) is 0 Å². The predicted octanol–water partition coefficient (Wildman–Crippen LogP) is 3.75. The molecule has 0 bridgehead atoms. The summed E-state index contributed by atoms with van der Waals surface area (Å²) in [7, 11) is 0. The van der Waals surface area contributed by atoms with E-state index in [-0.39, 0.29) is 18.4 Å². The van der Waals surface area contributed by atoms with Gasteiger partial charge in [0, 0.05) is 23.0 Å². The van der Waals surface area contributed by atoms with Gasteiger partial charge in [-0.05, 0) is 54.7 Å². The Hall–Kier alpha value is -2.82. The quantitative estimate of drug-likeness (QED) is 0.711. The second-order valence-corrected chi connectivity index (χ2v) is 7.01. The van der Waals surface area contributed by atoms with Crippen molar-refractivity contribution in [3.05, 3.63) is 59.7 Å². The zero-order valence-corrected chi connectivity index (χ0v) is 15.2. The zero-order valence-electron chi connectivity index (χ0n) is 15.2. The zero-order chi connectivity index (χ0) is 18.5. The van der Waals surface area contributed by atoms with Crippen molar-refractivity contribution in [2.75, 3.05) is 17.2 Å². The summed E-state index contributed by atoms with van der Waals surface area (Å²) in [4.78, 5) is 24.2. The summed E-state index contributed by atoms with van der Waals surface area (Å²) in [5.41, 5.74) is 3.35. The highest BCUT2D eigenvalue weighted by Gasteiger charge is 2.23. The van der Waals surface area contributed by atoms with Crippen molar-refractivity contribution in [2.45, 2.75) is 38.6 Å². The maximum atomic E-state index is 12.2. The molecular weight excluding hydrogens is 326 g/mol. The minimum Gasteiger partial charge on any atom is -0.376 e. The fourth-order valence-electron chi connectivity index (χ4n) is 2.61. The summed E-state index contributed by atoms with van der Waals surface area (Å²) < 4.78 is 0. The number of hydrogen-bond acceptors (Lipinski definition) is 3. The first-order valence-corrected chi connectivity index (χ1v) is 9.06. The second kappa shape index (κ2) is 8.04. The van der Waals surface area contributed by atoms with Gasteiger partial charge in [-0.3, -0.25) is 9.59 Å². The Balaban J connectivity index is 1.52. The molecule has 1 fully saturated rings. The first kappa shape index (κ1) is 18.0. The lowest BCUT2D eigenvalue weighted by atomic mass is 10.0. The summed E-state index contributed by atoms with van der Waals surface area (Å²) >= 11 is 0. The largest absolute Gasteiger partial charge is 0.376 e. The number of anilines is 2. The predicted molar refractivity (Wildman–Crippen MR) is 105 cm³/mol. The molecular formula is C21H25N3O2. The normalized spacial score (nSPS) is 13.3. The molecule has 0 spiro atoms. The van der Waals surface area contributed by atoms with E-state index in [9.17, 15) is 9.59 Å². The summed E-state index contributed by atoms with van der Waals surface area (Å²) in [6.45, 7) is 4.46. The van der Waals surface area contributed by atoms with Crippen molar-refractivity contribution in [1.82, 2.24) is 5.32 Å². The minimum atomic E-state index is -0.155. The van der Waals surface area contributed by atoms with Gasteiger partial charge >= 0.3 is 0 Å². The summed E-state index contributed by atoms with van der Waals surface area (Å²) in [5, 5.41) is 8.88. The van der Waals surface area contributed by atoms with Crippen molar-refractivity contribution < 1.29 is 9.59 Å². The molecule has 0 atom stereocenters. The molecule has 5 nitrogen and oxygen atoms in total. The number of benzene rings is 2. The van der Waals surface area contributed by atoms with Crippen LogP contribution in [0.3, 0.4) is 0 Å². The Morgan fingerprint density at radius 2 is 1.77 bits per heavy atom. The highest BCUT2D eigenvalue weighted by Crippen LogP contribution is 2.20. The molecule has 5 heteroatoms. The molecule has 26 heavy (non-hydrogen) atoms. The van der Waals surface area contributed by atoms with Crippen LogP contribution < -0.4 is 16.0 Å². The average Bonchev–Trinajstić information content (AvgIpc) is 3.44. The van der Waals surface area contributed by atoms with Crippen LogP contribution in [0.4, 0.5) is 11.4 Å². The molecule has 2 aromatic carbocycles. The SMILES string of the molecule is CC(C)c1ccc(NCC(=O)Nc2cccc(C(=O)NC3CC3)c2)cc1. The van der Waals surface area contributed by atoms with Crippen LogP contribution in [0.5, 0.6) is 0 Å². The van der Waals surface area contributed by atoms with E-state index in [1.807, 2.05) is 12.1 Å². The second-order valence-electron chi connectivity index (χ2n) is 7.01. The topological polar surface area (TPSA) is 70.2 Å². The number of nitrogens with one attached hydrogen (secondary N) is 3. The molecule has 136 valence electrons. The fourth-order valence-corrected chi connectivity index (χ4v) is 2.61. The van der Waals surface area contributed by atoms with Crippen LogP contribution in [0.25, 0.3) is 0 Å². The Bertz CT molecular complexity index is 780. The van der Waals surface area contributed by atoms with Gasteiger partial charge in [0.05, 0.1) is 6.54 Å². The van der Waals surface area contributed by atoms with E-state index in [1.165, 1.54) is 5.56 Å². The van der Waals surface area contributed by atoms with Gasteiger partial charge < -0.3 is 16.0 Å². The summed E-state index contributed by atoms with van der Waals surface area (Å²) in [6.07, 6.45) is 2.10. The number of carbonyl (C=O) groups is 2. The van der Waals surface area contributed by atoms with Crippen LogP contribution in [0.15, 0.2) is 48.5 Å².